The molecular formula is C13H19Cl3OTi. The molecule has 0 aromatic heterocycles. The van der Waals surface area contributed by atoms with Crippen molar-refractivity contribution in [2.45, 2.75) is 15.4 Å². The topological polar surface area (TPSA) is 9.23 Å². The van der Waals surface area contributed by atoms with Gasteiger partial charge < -0.3 is 0 Å². The van der Waals surface area contributed by atoms with E-state index in [9.17, 15) is 0 Å². The summed E-state index contributed by atoms with van der Waals surface area (Å²) in [6, 6.07) is 8.74. The van der Waals surface area contributed by atoms with Crippen molar-refractivity contribution in [3.63, 3.8) is 0 Å². The van der Waals surface area contributed by atoms with E-state index in [1.165, 1.54) is 15.9 Å². The first-order chi connectivity index (χ1) is 7.26. The van der Waals surface area contributed by atoms with E-state index in [0.717, 1.165) is 6.61 Å². The minimum atomic E-state index is -0.0100. The zero-order valence-corrected chi connectivity index (χ0v) is 14.5. The van der Waals surface area contributed by atoms with E-state index in [0.29, 0.717) is 3.72 Å². The molecule has 1 atom stereocenters. The van der Waals surface area contributed by atoms with Crippen LogP contribution in [0.2, 0.25) is 4.73 Å². The SMILES string of the molecule is COC[CH2][Ti][C]1(C)C=Cc2ccccc21.Cl.Cl.Cl. The van der Waals surface area contributed by atoms with Crippen LogP contribution in [0.4, 0.5) is 0 Å². The van der Waals surface area contributed by atoms with Crippen LogP contribution in [-0.2, 0) is 27.6 Å². The molecule has 0 bridgehead atoms. The van der Waals surface area contributed by atoms with Gasteiger partial charge in [0, 0.05) is 0 Å². The van der Waals surface area contributed by atoms with Crippen LogP contribution in [0.3, 0.4) is 0 Å². The van der Waals surface area contributed by atoms with Crippen molar-refractivity contribution < 1.29 is 23.9 Å². The Morgan fingerprint density at radius 2 is 1.83 bits per heavy atom. The summed E-state index contributed by atoms with van der Waals surface area (Å²) in [7, 11) is 1.78. The molecule has 1 unspecified atom stereocenters. The van der Waals surface area contributed by atoms with E-state index >= 15 is 0 Å². The third-order valence-corrected chi connectivity index (χ3v) is 5.45. The Morgan fingerprint density at radius 1 is 1.17 bits per heavy atom. The third-order valence-electron chi connectivity index (χ3n) is 2.91. The largest absolute Gasteiger partial charge is 0.147 e. The quantitative estimate of drug-likeness (QED) is 0.583. The zero-order chi connectivity index (χ0) is 10.7. The van der Waals surface area contributed by atoms with Gasteiger partial charge in [-0.2, -0.15) is 0 Å². The molecule has 1 aliphatic rings. The Morgan fingerprint density at radius 3 is 2.50 bits per heavy atom. The second-order valence-corrected chi connectivity index (χ2v) is 7.00. The molecule has 0 aliphatic heterocycles. The molecule has 0 saturated heterocycles. The summed E-state index contributed by atoms with van der Waals surface area (Å²) >= 11 is -0.0100. The van der Waals surface area contributed by atoms with Gasteiger partial charge in [0.1, 0.15) is 0 Å². The van der Waals surface area contributed by atoms with Gasteiger partial charge >= 0.3 is 101 Å². The molecule has 0 saturated carbocycles. The second kappa shape index (κ2) is 9.41. The number of benzene rings is 1. The molecule has 0 spiro atoms. The standard InChI is InChI=1S/C10H9.C3H7O.3ClH.Ti/c1-8-6-7-9-4-2-3-5-10(8)9;1-3-4-2;;;;/h2-7H,1H3;1,3H2,2H3;3*1H;. The van der Waals surface area contributed by atoms with Crippen LogP contribution in [0.1, 0.15) is 18.1 Å². The first-order valence-corrected chi connectivity index (χ1v) is 7.17. The maximum atomic E-state index is 5.14. The van der Waals surface area contributed by atoms with Crippen LogP contribution in [0.25, 0.3) is 6.08 Å². The monoisotopic (exact) mass is 344 g/mol. The number of fused-ring (bicyclic) bond motifs is 1. The minimum absolute atomic E-state index is 0. The molecule has 0 N–H and O–H groups in total. The number of hydrogen-bond donors (Lipinski definition) is 0. The van der Waals surface area contributed by atoms with Gasteiger partial charge in [-0.05, 0) is 0 Å². The van der Waals surface area contributed by atoms with Gasteiger partial charge in [0.2, 0.25) is 0 Å². The number of hydrogen-bond acceptors (Lipinski definition) is 1. The summed E-state index contributed by atoms with van der Waals surface area (Å²) in [4.78, 5) is 0. The molecule has 0 amide bonds. The predicted molar refractivity (Wildman–Crippen MR) is 81.3 cm³/mol. The number of halogens is 3. The maximum Gasteiger partial charge on any atom is -0.147 e. The van der Waals surface area contributed by atoms with Crippen molar-refractivity contribution >= 4 is 43.3 Å². The van der Waals surface area contributed by atoms with Gasteiger partial charge in [0.25, 0.3) is 0 Å². The summed E-state index contributed by atoms with van der Waals surface area (Å²) in [5.74, 6) is 0. The Bertz CT molecular complexity index is 384. The summed E-state index contributed by atoms with van der Waals surface area (Å²) in [5, 5.41) is 0. The van der Waals surface area contributed by atoms with E-state index in [2.05, 4.69) is 43.3 Å². The number of allylic oxidation sites excluding steroid dienone is 1. The first-order valence-electron chi connectivity index (χ1n) is 5.29. The van der Waals surface area contributed by atoms with Gasteiger partial charge in [0.05, 0.1) is 0 Å². The zero-order valence-electron chi connectivity index (χ0n) is 10.5. The molecular weight excluding hydrogens is 326 g/mol. The van der Waals surface area contributed by atoms with E-state index < -0.39 is 0 Å². The third kappa shape index (κ3) is 4.56. The normalized spacial score (nSPS) is 19.0. The van der Waals surface area contributed by atoms with Crippen LogP contribution in [0, 0.1) is 0 Å². The Balaban J connectivity index is 0. The van der Waals surface area contributed by atoms with Crippen LogP contribution >= 0.6 is 37.2 Å². The molecule has 0 radical (unpaired) electrons. The van der Waals surface area contributed by atoms with Gasteiger partial charge in [-0.25, -0.2) is 0 Å². The molecule has 1 aromatic carbocycles. The Labute approximate surface area is 137 Å². The van der Waals surface area contributed by atoms with Crippen molar-refractivity contribution in [1.82, 2.24) is 0 Å². The van der Waals surface area contributed by atoms with Gasteiger partial charge in [-0.15, -0.1) is 37.2 Å². The molecule has 18 heavy (non-hydrogen) atoms. The molecule has 5 heteroatoms. The van der Waals surface area contributed by atoms with Crippen molar-refractivity contribution in [2.24, 2.45) is 0 Å². The fourth-order valence-corrected chi connectivity index (χ4v) is 4.28. The van der Waals surface area contributed by atoms with Crippen LogP contribution in [-0.4, -0.2) is 13.7 Å². The fourth-order valence-electron chi connectivity index (χ4n) is 2.03. The van der Waals surface area contributed by atoms with E-state index in [-0.39, 0.29) is 56.4 Å². The number of rotatable bonds is 4. The fraction of sp³-hybridized carbons (Fsp3) is 0.385. The Kier molecular flexibility index (Phi) is 10.9. The van der Waals surface area contributed by atoms with Gasteiger partial charge in [-0.1, -0.05) is 0 Å². The van der Waals surface area contributed by atoms with Crippen LogP contribution in [0.5, 0.6) is 0 Å². The molecule has 0 fully saturated rings. The molecule has 1 aromatic rings. The van der Waals surface area contributed by atoms with Crippen molar-refractivity contribution in [3.8, 4) is 0 Å². The second-order valence-electron chi connectivity index (χ2n) is 4.04. The smallest absolute Gasteiger partial charge is 0.147 e. The summed E-state index contributed by atoms with van der Waals surface area (Å²) < 4.78 is 6.73. The predicted octanol–water partition coefficient (Wildman–Crippen LogP) is 4.34. The number of methoxy groups -OCH3 is 1. The molecule has 0 heterocycles. The molecule has 2 rings (SSSR count). The van der Waals surface area contributed by atoms with Crippen LogP contribution in [0.15, 0.2) is 30.3 Å². The molecule has 1 aliphatic carbocycles. The van der Waals surface area contributed by atoms with Gasteiger partial charge in [-0.3, -0.25) is 0 Å². The van der Waals surface area contributed by atoms with E-state index in [4.69, 9.17) is 4.74 Å². The van der Waals surface area contributed by atoms with E-state index in [1.807, 2.05) is 0 Å². The number of ether oxygens (including phenoxy) is 1. The first kappa shape index (κ1) is 20.8. The Hall–Kier alpha value is 0.504. The van der Waals surface area contributed by atoms with E-state index in [1.54, 1.807) is 7.11 Å². The van der Waals surface area contributed by atoms with Crippen molar-refractivity contribution in [1.29, 1.82) is 0 Å². The average Bonchev–Trinajstić information content (AvgIpc) is 2.59. The maximum absolute atomic E-state index is 5.14. The van der Waals surface area contributed by atoms with Crippen molar-refractivity contribution in [3.05, 3.63) is 41.5 Å². The minimum Gasteiger partial charge on any atom is -0.147 e. The summed E-state index contributed by atoms with van der Waals surface area (Å²) in [6.45, 7) is 3.27. The summed E-state index contributed by atoms with van der Waals surface area (Å²) in [6.07, 6.45) is 4.65. The van der Waals surface area contributed by atoms with Crippen LogP contribution < -0.4 is 0 Å². The van der Waals surface area contributed by atoms with Crippen molar-refractivity contribution in [2.75, 3.05) is 13.7 Å². The van der Waals surface area contributed by atoms with Gasteiger partial charge in [0.15, 0.2) is 0 Å². The summed E-state index contributed by atoms with van der Waals surface area (Å²) in [5.41, 5.74) is 2.92. The molecule has 102 valence electrons. The molecule has 1 nitrogen and oxygen atoms in total. The average molecular weight is 346 g/mol.